The number of benzene rings is 2. The van der Waals surface area contributed by atoms with Crippen molar-refractivity contribution in [3.8, 4) is 11.1 Å². The summed E-state index contributed by atoms with van der Waals surface area (Å²) in [6.07, 6.45) is -2.91. The minimum Gasteiger partial charge on any atom is -0.468 e. The Labute approximate surface area is 192 Å². The number of aryl methyl sites for hydroxylation is 1. The predicted octanol–water partition coefficient (Wildman–Crippen LogP) is 4.93. The van der Waals surface area contributed by atoms with Gasteiger partial charge in [-0.25, -0.2) is 8.91 Å². The molecule has 0 amide bonds. The van der Waals surface area contributed by atoms with Crippen LogP contribution in [0.1, 0.15) is 29.4 Å². The Morgan fingerprint density at radius 1 is 1.09 bits per heavy atom. The molecule has 176 valence electrons. The van der Waals surface area contributed by atoms with E-state index < -0.39 is 28.9 Å². The molecule has 1 atom stereocenters. The van der Waals surface area contributed by atoms with E-state index in [4.69, 9.17) is 4.74 Å². The zero-order chi connectivity index (χ0) is 24.7. The summed E-state index contributed by atoms with van der Waals surface area (Å²) in [6.45, 7) is 3.31. The number of esters is 1. The molecule has 2 aromatic carbocycles. The number of carbonyl (C=O) groups excluding carboxylic acids is 1. The Balaban J connectivity index is 1.87. The maximum atomic E-state index is 13.8. The number of fused-ring (bicyclic) bond motifs is 1. The number of carbonyl (C=O) groups is 1. The zero-order valence-corrected chi connectivity index (χ0v) is 18.5. The van der Waals surface area contributed by atoms with Crippen molar-refractivity contribution in [1.82, 2.24) is 19.8 Å². The number of ether oxygens (including phenoxy) is 1. The lowest BCUT2D eigenvalue weighted by molar-refractivity contribution is -0.147. The lowest BCUT2D eigenvalue weighted by Crippen LogP contribution is -2.39. The van der Waals surface area contributed by atoms with Crippen molar-refractivity contribution in [2.75, 3.05) is 7.11 Å². The van der Waals surface area contributed by atoms with E-state index in [0.29, 0.717) is 28.1 Å². The lowest BCUT2D eigenvalue weighted by Gasteiger charge is -2.28. The van der Waals surface area contributed by atoms with Crippen molar-refractivity contribution in [2.24, 2.45) is 0 Å². The molecule has 1 unspecified atom stereocenters. The van der Waals surface area contributed by atoms with Crippen molar-refractivity contribution in [3.05, 3.63) is 83.1 Å². The molecule has 10 heteroatoms. The molecule has 0 aliphatic rings. The van der Waals surface area contributed by atoms with Gasteiger partial charge in [0.05, 0.1) is 30.3 Å². The van der Waals surface area contributed by atoms with E-state index in [9.17, 15) is 22.4 Å². The van der Waals surface area contributed by atoms with Gasteiger partial charge < -0.3 is 4.74 Å². The Bertz CT molecular complexity index is 1370. The minimum absolute atomic E-state index is 0.0918. The molecule has 2 heterocycles. The lowest BCUT2D eigenvalue weighted by atomic mass is 9.79. The molecule has 0 bridgehead atoms. The summed E-state index contributed by atoms with van der Waals surface area (Å²) in [5.41, 5.74) is 0.415. The Kier molecular flexibility index (Phi) is 5.84. The molecule has 0 aliphatic heterocycles. The third kappa shape index (κ3) is 4.11. The second-order valence-corrected chi connectivity index (χ2v) is 8.13. The molecule has 0 saturated carbocycles. The highest BCUT2D eigenvalue weighted by Gasteiger charge is 2.41. The minimum atomic E-state index is -4.46. The van der Waals surface area contributed by atoms with E-state index >= 15 is 0 Å². The highest BCUT2D eigenvalue weighted by atomic mass is 19.4. The summed E-state index contributed by atoms with van der Waals surface area (Å²) in [6, 6.07) is 10.5. The van der Waals surface area contributed by atoms with Crippen LogP contribution >= 0.6 is 0 Å². The van der Waals surface area contributed by atoms with Crippen molar-refractivity contribution >= 4 is 11.6 Å². The number of hydrogen-bond acceptors (Lipinski definition) is 5. The number of methoxy groups -OCH3 is 1. The standard InChI is InChI=1S/C24H20F4N4O2/c1-14-20(23(2,22(33)34-3)12-15-5-4-6-18(25)11-15)32-21(31-30-14)19(13-29-32)16-7-9-17(10-8-16)24(26,27)28/h4-11,13H,12H2,1-3H3. The van der Waals surface area contributed by atoms with E-state index in [0.717, 1.165) is 12.1 Å². The van der Waals surface area contributed by atoms with Gasteiger partial charge in [-0.2, -0.15) is 23.4 Å². The van der Waals surface area contributed by atoms with Crippen molar-refractivity contribution in [2.45, 2.75) is 31.9 Å². The third-order valence-corrected chi connectivity index (χ3v) is 5.72. The molecule has 34 heavy (non-hydrogen) atoms. The van der Waals surface area contributed by atoms with Gasteiger partial charge in [-0.15, -0.1) is 5.10 Å². The Morgan fingerprint density at radius 2 is 1.79 bits per heavy atom. The van der Waals surface area contributed by atoms with E-state index in [1.54, 1.807) is 26.0 Å². The molecule has 0 aliphatic carbocycles. The first-order valence-electron chi connectivity index (χ1n) is 10.3. The van der Waals surface area contributed by atoms with Crippen LogP contribution in [-0.4, -0.2) is 32.9 Å². The first-order chi connectivity index (χ1) is 16.0. The van der Waals surface area contributed by atoms with Gasteiger partial charge in [0.15, 0.2) is 5.65 Å². The van der Waals surface area contributed by atoms with Crippen LogP contribution < -0.4 is 0 Å². The van der Waals surface area contributed by atoms with Gasteiger partial charge >= 0.3 is 12.1 Å². The molecule has 0 saturated heterocycles. The van der Waals surface area contributed by atoms with Crippen LogP contribution in [0.15, 0.2) is 54.7 Å². The molecule has 0 fully saturated rings. The van der Waals surface area contributed by atoms with Crippen LogP contribution in [0.5, 0.6) is 0 Å². The highest BCUT2D eigenvalue weighted by Crippen LogP contribution is 2.35. The quantitative estimate of drug-likeness (QED) is 0.304. The first kappa shape index (κ1) is 23.3. The maximum absolute atomic E-state index is 13.8. The normalized spacial score (nSPS) is 13.6. The maximum Gasteiger partial charge on any atom is 0.416 e. The van der Waals surface area contributed by atoms with Crippen LogP contribution in [-0.2, 0) is 27.5 Å². The fourth-order valence-corrected chi connectivity index (χ4v) is 4.13. The molecular weight excluding hydrogens is 452 g/mol. The highest BCUT2D eigenvalue weighted by molar-refractivity contribution is 5.84. The smallest absolute Gasteiger partial charge is 0.416 e. The van der Waals surface area contributed by atoms with Crippen LogP contribution in [0, 0.1) is 12.7 Å². The molecule has 2 aromatic heterocycles. The largest absolute Gasteiger partial charge is 0.468 e. The average Bonchev–Trinajstić information content (AvgIpc) is 3.21. The molecule has 6 nitrogen and oxygen atoms in total. The summed E-state index contributed by atoms with van der Waals surface area (Å²) < 4.78 is 59.2. The van der Waals surface area contributed by atoms with E-state index in [-0.39, 0.29) is 12.1 Å². The van der Waals surface area contributed by atoms with Crippen molar-refractivity contribution < 1.29 is 27.1 Å². The molecule has 4 aromatic rings. The van der Waals surface area contributed by atoms with Crippen LogP contribution in [0.2, 0.25) is 0 Å². The second-order valence-electron chi connectivity index (χ2n) is 8.13. The number of aromatic nitrogens is 4. The number of hydrogen-bond donors (Lipinski definition) is 0. The molecule has 0 N–H and O–H groups in total. The number of rotatable bonds is 5. The number of halogens is 4. The molecular formula is C24H20F4N4O2. The van der Waals surface area contributed by atoms with Gasteiger partial charge in [0, 0.05) is 5.56 Å². The molecule has 0 spiro atoms. The van der Waals surface area contributed by atoms with Crippen molar-refractivity contribution in [3.63, 3.8) is 0 Å². The topological polar surface area (TPSA) is 69.4 Å². The van der Waals surface area contributed by atoms with E-state index in [1.807, 2.05) is 0 Å². The van der Waals surface area contributed by atoms with Gasteiger partial charge in [0.25, 0.3) is 0 Å². The number of alkyl halides is 3. The second kappa shape index (κ2) is 8.51. The van der Waals surface area contributed by atoms with E-state index in [2.05, 4.69) is 15.3 Å². The van der Waals surface area contributed by atoms with Gasteiger partial charge in [0.2, 0.25) is 0 Å². The van der Waals surface area contributed by atoms with Gasteiger partial charge in [-0.1, -0.05) is 24.3 Å². The fraction of sp³-hybridized carbons (Fsp3) is 0.250. The van der Waals surface area contributed by atoms with Crippen LogP contribution in [0.25, 0.3) is 16.8 Å². The monoisotopic (exact) mass is 472 g/mol. The van der Waals surface area contributed by atoms with Crippen LogP contribution in [0.3, 0.4) is 0 Å². The summed E-state index contributed by atoms with van der Waals surface area (Å²) in [5, 5.41) is 12.8. The SMILES string of the molecule is COC(=O)C(C)(Cc1cccc(F)c1)c1c(C)nnc2c(-c3ccc(C(F)(F)F)cc3)cnn12. The predicted molar refractivity (Wildman–Crippen MR) is 115 cm³/mol. The van der Waals surface area contributed by atoms with Gasteiger partial charge in [-0.05, 0) is 55.7 Å². The van der Waals surface area contributed by atoms with Gasteiger partial charge in [-0.3, -0.25) is 4.79 Å². The summed E-state index contributed by atoms with van der Waals surface area (Å²) in [7, 11) is 1.25. The Morgan fingerprint density at radius 3 is 2.41 bits per heavy atom. The summed E-state index contributed by atoms with van der Waals surface area (Å²) in [4.78, 5) is 13.0. The first-order valence-corrected chi connectivity index (χ1v) is 10.3. The average molecular weight is 472 g/mol. The van der Waals surface area contributed by atoms with E-state index in [1.165, 1.54) is 42.1 Å². The van der Waals surface area contributed by atoms with Gasteiger partial charge in [0.1, 0.15) is 11.2 Å². The molecule has 0 radical (unpaired) electrons. The third-order valence-electron chi connectivity index (χ3n) is 5.72. The summed E-state index contributed by atoms with van der Waals surface area (Å²) in [5.74, 6) is -1.02. The summed E-state index contributed by atoms with van der Waals surface area (Å²) >= 11 is 0. The Hall–Kier alpha value is -3.82. The van der Waals surface area contributed by atoms with Crippen molar-refractivity contribution in [1.29, 1.82) is 0 Å². The zero-order valence-electron chi connectivity index (χ0n) is 18.5. The number of nitrogens with zero attached hydrogens (tertiary/aromatic N) is 4. The fourth-order valence-electron chi connectivity index (χ4n) is 4.13. The molecule has 4 rings (SSSR count). The van der Waals surface area contributed by atoms with Crippen LogP contribution in [0.4, 0.5) is 17.6 Å².